The Labute approximate surface area is 103 Å². The lowest BCUT2D eigenvalue weighted by atomic mass is 10.00. The van der Waals surface area contributed by atoms with Gasteiger partial charge in [0.15, 0.2) is 0 Å². The molecule has 2 unspecified atom stereocenters. The highest BCUT2D eigenvalue weighted by Crippen LogP contribution is 2.21. The lowest BCUT2D eigenvalue weighted by Gasteiger charge is -2.15. The first-order valence-electron chi connectivity index (χ1n) is 6.08. The van der Waals surface area contributed by atoms with Gasteiger partial charge in [-0.15, -0.1) is 11.8 Å². The molecule has 1 aromatic carbocycles. The Hall–Kier alpha value is -0.470. The van der Waals surface area contributed by atoms with E-state index in [1.165, 1.54) is 17.7 Å². The predicted molar refractivity (Wildman–Crippen MR) is 71.9 cm³/mol. The van der Waals surface area contributed by atoms with E-state index in [0.717, 1.165) is 12.2 Å². The number of aliphatic hydroxyl groups excluding tert-OH is 1. The highest BCUT2D eigenvalue weighted by molar-refractivity contribution is 7.99. The molecule has 1 aromatic rings. The third kappa shape index (κ3) is 5.57. The molecule has 90 valence electrons. The summed E-state index contributed by atoms with van der Waals surface area (Å²) in [4.78, 5) is 1.24. The van der Waals surface area contributed by atoms with Gasteiger partial charge < -0.3 is 5.11 Å². The molecule has 0 spiro atoms. The fourth-order valence-corrected chi connectivity index (χ4v) is 2.72. The Morgan fingerprint density at radius 2 is 1.94 bits per heavy atom. The molecule has 0 bridgehead atoms. The summed E-state index contributed by atoms with van der Waals surface area (Å²) in [5, 5.41) is 9.89. The Morgan fingerprint density at radius 1 is 1.25 bits per heavy atom. The third-order valence-electron chi connectivity index (χ3n) is 2.64. The highest BCUT2D eigenvalue weighted by Gasteiger charge is 2.09. The minimum atomic E-state index is -0.174. The van der Waals surface area contributed by atoms with Crippen LogP contribution in [0.2, 0.25) is 0 Å². The third-order valence-corrected chi connectivity index (χ3v) is 3.80. The van der Waals surface area contributed by atoms with Crippen LogP contribution in [0.5, 0.6) is 0 Å². The van der Waals surface area contributed by atoms with Crippen molar-refractivity contribution in [2.75, 3.05) is 5.75 Å². The van der Waals surface area contributed by atoms with Crippen LogP contribution in [0.3, 0.4) is 0 Å². The average molecular weight is 238 g/mol. The molecule has 1 rings (SSSR count). The maximum absolute atomic E-state index is 9.89. The van der Waals surface area contributed by atoms with Gasteiger partial charge in [-0.3, -0.25) is 0 Å². The van der Waals surface area contributed by atoms with Gasteiger partial charge in [-0.25, -0.2) is 0 Å². The van der Waals surface area contributed by atoms with E-state index in [1.54, 1.807) is 11.8 Å². The molecule has 0 saturated heterocycles. The summed E-state index contributed by atoms with van der Waals surface area (Å²) in [5.74, 6) is 1.44. The monoisotopic (exact) mass is 238 g/mol. The van der Waals surface area contributed by atoms with Crippen LogP contribution in [0, 0.1) is 5.92 Å². The summed E-state index contributed by atoms with van der Waals surface area (Å²) in [5.41, 5.74) is 0. The highest BCUT2D eigenvalue weighted by atomic mass is 32.2. The molecular weight excluding hydrogens is 216 g/mol. The van der Waals surface area contributed by atoms with E-state index in [0.29, 0.717) is 5.92 Å². The Kier molecular flexibility index (Phi) is 6.58. The van der Waals surface area contributed by atoms with Crippen molar-refractivity contribution >= 4 is 11.8 Å². The minimum absolute atomic E-state index is 0.174. The van der Waals surface area contributed by atoms with Crippen molar-refractivity contribution in [3.63, 3.8) is 0 Å². The maximum Gasteiger partial charge on any atom is 0.0636 e. The van der Waals surface area contributed by atoms with E-state index < -0.39 is 0 Å². The molecule has 0 aliphatic rings. The largest absolute Gasteiger partial charge is 0.392 e. The SMILES string of the molecule is CCCC(C)CC(O)CSc1ccccc1. The van der Waals surface area contributed by atoms with E-state index >= 15 is 0 Å². The zero-order chi connectivity index (χ0) is 11.8. The normalized spacial score (nSPS) is 14.7. The number of aliphatic hydroxyl groups is 1. The molecule has 0 aliphatic carbocycles. The van der Waals surface area contributed by atoms with Gasteiger partial charge in [-0.05, 0) is 24.5 Å². The quantitative estimate of drug-likeness (QED) is 0.725. The van der Waals surface area contributed by atoms with Crippen molar-refractivity contribution in [2.45, 2.75) is 44.1 Å². The second-order valence-corrected chi connectivity index (χ2v) is 5.50. The molecule has 0 radical (unpaired) electrons. The van der Waals surface area contributed by atoms with Crippen LogP contribution < -0.4 is 0 Å². The second kappa shape index (κ2) is 7.75. The summed E-state index contributed by atoms with van der Waals surface area (Å²) in [6.45, 7) is 4.42. The molecule has 0 amide bonds. The fourth-order valence-electron chi connectivity index (χ4n) is 1.85. The molecule has 0 heterocycles. The Morgan fingerprint density at radius 3 is 2.56 bits per heavy atom. The van der Waals surface area contributed by atoms with Gasteiger partial charge in [0, 0.05) is 10.6 Å². The van der Waals surface area contributed by atoms with E-state index in [1.807, 2.05) is 18.2 Å². The molecule has 2 heteroatoms. The fraction of sp³-hybridized carbons (Fsp3) is 0.571. The molecule has 16 heavy (non-hydrogen) atoms. The van der Waals surface area contributed by atoms with Crippen LogP contribution in [-0.4, -0.2) is 17.0 Å². The van der Waals surface area contributed by atoms with E-state index in [9.17, 15) is 5.11 Å². The molecule has 0 aromatic heterocycles. The van der Waals surface area contributed by atoms with Gasteiger partial charge in [-0.2, -0.15) is 0 Å². The van der Waals surface area contributed by atoms with Crippen molar-refractivity contribution in [3.05, 3.63) is 30.3 Å². The van der Waals surface area contributed by atoms with Crippen LogP contribution in [0.15, 0.2) is 35.2 Å². The zero-order valence-electron chi connectivity index (χ0n) is 10.2. The molecular formula is C14H22OS. The number of benzene rings is 1. The van der Waals surface area contributed by atoms with E-state index in [-0.39, 0.29) is 6.10 Å². The summed E-state index contributed by atoms with van der Waals surface area (Å²) in [6.07, 6.45) is 3.17. The summed E-state index contributed by atoms with van der Waals surface area (Å²) in [6, 6.07) is 10.3. The molecule has 0 fully saturated rings. The van der Waals surface area contributed by atoms with Crippen molar-refractivity contribution in [2.24, 2.45) is 5.92 Å². The molecule has 2 atom stereocenters. The summed E-state index contributed by atoms with van der Waals surface area (Å²) in [7, 11) is 0. The predicted octanol–water partition coefficient (Wildman–Crippen LogP) is 3.97. The summed E-state index contributed by atoms with van der Waals surface area (Å²) < 4.78 is 0. The standard InChI is InChI=1S/C14H22OS/c1-3-7-12(2)10-13(15)11-16-14-8-5-4-6-9-14/h4-6,8-9,12-13,15H,3,7,10-11H2,1-2H3. The van der Waals surface area contributed by atoms with Gasteiger partial charge in [0.25, 0.3) is 0 Å². The number of hydrogen-bond donors (Lipinski definition) is 1. The lowest BCUT2D eigenvalue weighted by molar-refractivity contribution is 0.166. The van der Waals surface area contributed by atoms with Gasteiger partial charge in [0.05, 0.1) is 6.10 Å². The summed E-state index contributed by atoms with van der Waals surface area (Å²) >= 11 is 1.74. The van der Waals surface area contributed by atoms with Crippen molar-refractivity contribution in [3.8, 4) is 0 Å². The number of hydrogen-bond acceptors (Lipinski definition) is 2. The van der Waals surface area contributed by atoms with Crippen LogP contribution in [0.4, 0.5) is 0 Å². The number of rotatable bonds is 7. The second-order valence-electron chi connectivity index (χ2n) is 4.41. The van der Waals surface area contributed by atoms with Crippen LogP contribution in [-0.2, 0) is 0 Å². The van der Waals surface area contributed by atoms with Gasteiger partial charge in [0.1, 0.15) is 0 Å². The van der Waals surface area contributed by atoms with Crippen molar-refractivity contribution in [1.29, 1.82) is 0 Å². The molecule has 1 N–H and O–H groups in total. The first-order chi connectivity index (χ1) is 7.72. The maximum atomic E-state index is 9.89. The lowest BCUT2D eigenvalue weighted by Crippen LogP contribution is -2.14. The molecule has 0 aliphatic heterocycles. The van der Waals surface area contributed by atoms with Gasteiger partial charge in [0.2, 0.25) is 0 Å². The first-order valence-corrected chi connectivity index (χ1v) is 7.06. The van der Waals surface area contributed by atoms with Gasteiger partial charge in [-0.1, -0.05) is 44.9 Å². The van der Waals surface area contributed by atoms with Crippen LogP contribution >= 0.6 is 11.8 Å². The van der Waals surface area contributed by atoms with Crippen LogP contribution in [0.1, 0.15) is 33.1 Å². The average Bonchev–Trinajstić information content (AvgIpc) is 2.28. The zero-order valence-corrected chi connectivity index (χ0v) is 11.0. The van der Waals surface area contributed by atoms with Crippen molar-refractivity contribution in [1.82, 2.24) is 0 Å². The van der Waals surface area contributed by atoms with E-state index in [4.69, 9.17) is 0 Å². The smallest absolute Gasteiger partial charge is 0.0636 e. The van der Waals surface area contributed by atoms with Crippen molar-refractivity contribution < 1.29 is 5.11 Å². The first kappa shape index (κ1) is 13.6. The molecule has 0 saturated carbocycles. The Balaban J connectivity index is 2.22. The minimum Gasteiger partial charge on any atom is -0.392 e. The molecule has 1 nitrogen and oxygen atoms in total. The number of thioether (sulfide) groups is 1. The Bertz CT molecular complexity index is 273. The topological polar surface area (TPSA) is 20.2 Å². The van der Waals surface area contributed by atoms with Crippen LogP contribution in [0.25, 0.3) is 0 Å². The van der Waals surface area contributed by atoms with E-state index in [2.05, 4.69) is 26.0 Å². The van der Waals surface area contributed by atoms with Gasteiger partial charge >= 0.3 is 0 Å².